The number of hydrogen-bond acceptors (Lipinski definition) is 0. The molecule has 192 valence electrons. The van der Waals surface area contributed by atoms with Crippen LogP contribution in [0, 0.1) is 0 Å². The number of allylic oxidation sites excluding steroid dienone is 2. The van der Waals surface area contributed by atoms with E-state index in [1.165, 1.54) is 131 Å². The van der Waals surface area contributed by atoms with Gasteiger partial charge in [0.2, 0.25) is 0 Å². The van der Waals surface area contributed by atoms with Gasteiger partial charge in [0, 0.05) is 0 Å². The fourth-order valence-electron chi connectivity index (χ4n) is 4.67. The third kappa shape index (κ3) is 14.8. The van der Waals surface area contributed by atoms with E-state index >= 15 is 0 Å². The maximum Gasteiger partial charge on any atom is -0.0256 e. The Morgan fingerprint density at radius 2 is 0.714 bits per heavy atom. The van der Waals surface area contributed by atoms with Gasteiger partial charge >= 0.3 is 0 Å². The van der Waals surface area contributed by atoms with Crippen LogP contribution >= 0.6 is 0 Å². The molecule has 0 fully saturated rings. The van der Waals surface area contributed by atoms with Gasteiger partial charge in [0.15, 0.2) is 0 Å². The molecule has 0 saturated heterocycles. The molecule has 0 aromatic heterocycles. The van der Waals surface area contributed by atoms with Gasteiger partial charge in [0.05, 0.1) is 0 Å². The van der Waals surface area contributed by atoms with E-state index in [9.17, 15) is 0 Å². The van der Waals surface area contributed by atoms with Crippen molar-refractivity contribution in [1.29, 1.82) is 0 Å². The van der Waals surface area contributed by atoms with Crippen LogP contribution in [0.5, 0.6) is 0 Å². The van der Waals surface area contributed by atoms with Crippen LogP contribution in [-0.2, 0) is 12.8 Å². The molecule has 0 heterocycles. The Kier molecular flexibility index (Phi) is 16.8. The molecule has 2 rings (SSSR count). The molecule has 0 bridgehead atoms. The molecule has 2 aromatic carbocycles. The number of hydrogen-bond donors (Lipinski definition) is 0. The number of rotatable bonds is 20. The monoisotopic (exact) mass is 472 g/mol. The highest BCUT2D eigenvalue weighted by Crippen LogP contribution is 2.14. The molecular formula is C35H52. The van der Waals surface area contributed by atoms with Crippen molar-refractivity contribution in [3.8, 4) is 0 Å². The molecule has 2 aromatic rings. The summed E-state index contributed by atoms with van der Waals surface area (Å²) < 4.78 is 0. The molecule has 0 heteroatoms. The van der Waals surface area contributed by atoms with Crippen molar-refractivity contribution in [2.75, 3.05) is 0 Å². The maximum absolute atomic E-state index is 2.30. The van der Waals surface area contributed by atoms with E-state index in [2.05, 4.69) is 86.7 Å². The normalized spacial score (nSPS) is 11.7. The molecule has 0 amide bonds. The zero-order chi connectivity index (χ0) is 24.8. The summed E-state index contributed by atoms with van der Waals surface area (Å²) in [5.41, 5.74) is 5.50. The van der Waals surface area contributed by atoms with Crippen LogP contribution in [0.2, 0.25) is 0 Å². The van der Waals surface area contributed by atoms with Crippen LogP contribution in [0.4, 0.5) is 0 Å². The zero-order valence-corrected chi connectivity index (χ0v) is 22.9. The van der Waals surface area contributed by atoms with Crippen molar-refractivity contribution in [3.63, 3.8) is 0 Å². The van der Waals surface area contributed by atoms with E-state index in [0.29, 0.717) is 0 Å². The highest BCUT2D eigenvalue weighted by molar-refractivity contribution is 5.57. The Balaban J connectivity index is 1.60. The van der Waals surface area contributed by atoms with E-state index < -0.39 is 0 Å². The van der Waals surface area contributed by atoms with E-state index in [1.54, 1.807) is 0 Å². The predicted octanol–water partition coefficient (Wildman–Crippen LogP) is 11.4. The Morgan fingerprint density at radius 1 is 0.400 bits per heavy atom. The van der Waals surface area contributed by atoms with Crippen LogP contribution in [-0.4, -0.2) is 0 Å². The molecule has 0 radical (unpaired) electrons. The Bertz CT molecular complexity index is 791. The Labute approximate surface area is 218 Å². The topological polar surface area (TPSA) is 0 Å². The molecule has 0 aliphatic heterocycles. The first-order valence-corrected chi connectivity index (χ1v) is 14.8. The van der Waals surface area contributed by atoms with Gasteiger partial charge in [-0.1, -0.05) is 170 Å². The zero-order valence-electron chi connectivity index (χ0n) is 22.9. The lowest BCUT2D eigenvalue weighted by Crippen LogP contribution is -1.87. The summed E-state index contributed by atoms with van der Waals surface area (Å²) in [5, 5.41) is 0. The SMILES string of the molecule is CCCCCCCCCCc1ccc(C=CC=Cc2ccc(CCCCCCCCC)cc2)cc1. The van der Waals surface area contributed by atoms with Crippen molar-refractivity contribution < 1.29 is 0 Å². The molecule has 0 spiro atoms. The minimum absolute atomic E-state index is 1.21. The van der Waals surface area contributed by atoms with Gasteiger partial charge < -0.3 is 0 Å². The van der Waals surface area contributed by atoms with E-state index in [-0.39, 0.29) is 0 Å². The molecule has 0 nitrogen and oxygen atoms in total. The number of benzene rings is 2. The average Bonchev–Trinajstić information content (AvgIpc) is 2.89. The molecular weight excluding hydrogens is 420 g/mol. The first-order valence-electron chi connectivity index (χ1n) is 14.8. The molecule has 0 unspecified atom stereocenters. The molecule has 0 atom stereocenters. The van der Waals surface area contributed by atoms with Crippen LogP contribution < -0.4 is 0 Å². The third-order valence-corrected chi connectivity index (χ3v) is 7.04. The van der Waals surface area contributed by atoms with Gasteiger partial charge in [0.1, 0.15) is 0 Å². The summed E-state index contributed by atoms with van der Waals surface area (Å²) in [7, 11) is 0. The second-order valence-corrected chi connectivity index (χ2v) is 10.3. The average molecular weight is 473 g/mol. The lowest BCUT2D eigenvalue weighted by atomic mass is 10.0. The lowest BCUT2D eigenvalue weighted by Gasteiger charge is -2.03. The van der Waals surface area contributed by atoms with Crippen LogP contribution in [0.3, 0.4) is 0 Å². The fourth-order valence-corrected chi connectivity index (χ4v) is 4.67. The standard InChI is InChI=1S/C35H52/c1-3-5-7-9-11-13-15-17-21-33-26-30-35(31-27-33)23-19-18-22-34-28-24-32(25-29-34)20-16-14-12-10-8-6-4-2/h18-19,22-31H,3-17,20-21H2,1-2H3. The Hall–Kier alpha value is -2.08. The first kappa shape index (κ1) is 29.2. The smallest absolute Gasteiger partial charge is 0.0256 e. The second kappa shape index (κ2) is 20.1. The number of unbranched alkanes of at least 4 members (excludes halogenated alkanes) is 13. The van der Waals surface area contributed by atoms with Crippen molar-refractivity contribution >= 4 is 12.2 Å². The van der Waals surface area contributed by atoms with Gasteiger partial charge in [-0.15, -0.1) is 0 Å². The predicted molar refractivity (Wildman–Crippen MR) is 159 cm³/mol. The minimum Gasteiger partial charge on any atom is -0.0654 e. The molecule has 0 aliphatic carbocycles. The van der Waals surface area contributed by atoms with E-state index in [1.807, 2.05) is 0 Å². The van der Waals surface area contributed by atoms with Crippen LogP contribution in [0.1, 0.15) is 132 Å². The van der Waals surface area contributed by atoms with Gasteiger partial charge in [-0.2, -0.15) is 0 Å². The van der Waals surface area contributed by atoms with Gasteiger partial charge in [-0.25, -0.2) is 0 Å². The summed E-state index contributed by atoms with van der Waals surface area (Å²) in [5.74, 6) is 0. The van der Waals surface area contributed by atoms with Gasteiger partial charge in [-0.05, 0) is 47.9 Å². The van der Waals surface area contributed by atoms with Gasteiger partial charge in [0.25, 0.3) is 0 Å². The molecule has 35 heavy (non-hydrogen) atoms. The quantitative estimate of drug-likeness (QED) is 0.133. The van der Waals surface area contributed by atoms with Crippen LogP contribution in [0.25, 0.3) is 12.2 Å². The molecule has 0 saturated carbocycles. The van der Waals surface area contributed by atoms with Crippen molar-refractivity contribution in [2.24, 2.45) is 0 Å². The van der Waals surface area contributed by atoms with E-state index in [0.717, 1.165) is 0 Å². The summed E-state index contributed by atoms with van der Waals surface area (Å²) in [6.07, 6.45) is 31.9. The first-order chi connectivity index (χ1) is 17.3. The van der Waals surface area contributed by atoms with Crippen molar-refractivity contribution in [3.05, 3.63) is 82.9 Å². The second-order valence-electron chi connectivity index (χ2n) is 10.3. The Morgan fingerprint density at radius 3 is 1.06 bits per heavy atom. The highest BCUT2D eigenvalue weighted by Gasteiger charge is 1.96. The lowest BCUT2D eigenvalue weighted by molar-refractivity contribution is 0.575. The van der Waals surface area contributed by atoms with E-state index in [4.69, 9.17) is 0 Å². The fraction of sp³-hybridized carbons (Fsp3) is 0.543. The number of aryl methyl sites for hydroxylation is 2. The van der Waals surface area contributed by atoms with Gasteiger partial charge in [-0.3, -0.25) is 0 Å². The van der Waals surface area contributed by atoms with Crippen molar-refractivity contribution in [2.45, 2.75) is 123 Å². The molecule has 0 aliphatic rings. The minimum atomic E-state index is 1.21. The van der Waals surface area contributed by atoms with Crippen LogP contribution in [0.15, 0.2) is 60.7 Å². The summed E-state index contributed by atoms with van der Waals surface area (Å²) in [6.45, 7) is 4.57. The summed E-state index contributed by atoms with van der Waals surface area (Å²) in [4.78, 5) is 0. The largest absolute Gasteiger partial charge is 0.0654 e. The molecule has 0 N–H and O–H groups in total. The third-order valence-electron chi connectivity index (χ3n) is 7.04. The summed E-state index contributed by atoms with van der Waals surface area (Å²) in [6, 6.07) is 18.2. The highest BCUT2D eigenvalue weighted by atomic mass is 14.0. The summed E-state index contributed by atoms with van der Waals surface area (Å²) >= 11 is 0. The maximum atomic E-state index is 2.30. The van der Waals surface area contributed by atoms with Crippen molar-refractivity contribution in [1.82, 2.24) is 0 Å².